The maximum absolute atomic E-state index is 13.8. The van der Waals surface area contributed by atoms with Crippen molar-refractivity contribution in [3.63, 3.8) is 0 Å². The van der Waals surface area contributed by atoms with E-state index in [-0.39, 0.29) is 11.7 Å². The number of carbonyl (C=O) groups is 1. The van der Waals surface area contributed by atoms with Gasteiger partial charge in [0.2, 0.25) is 11.1 Å². The molecule has 0 saturated heterocycles. The smallest absolute Gasteiger partial charge is 0.236 e. The van der Waals surface area contributed by atoms with Crippen molar-refractivity contribution in [3.8, 4) is 11.8 Å². The van der Waals surface area contributed by atoms with E-state index < -0.39 is 5.82 Å². The molecule has 4 rings (SSSR count). The van der Waals surface area contributed by atoms with E-state index >= 15 is 0 Å². The van der Waals surface area contributed by atoms with Crippen molar-refractivity contribution in [3.05, 3.63) is 69.3 Å². The fourth-order valence-corrected chi connectivity index (χ4v) is 4.61. The van der Waals surface area contributed by atoms with Gasteiger partial charge in [-0.25, -0.2) is 9.07 Å². The molecule has 32 heavy (non-hydrogen) atoms. The average molecular weight is 468 g/mol. The summed E-state index contributed by atoms with van der Waals surface area (Å²) in [6.45, 7) is 4.14. The monoisotopic (exact) mass is 467 g/mol. The second-order valence-electron chi connectivity index (χ2n) is 6.90. The summed E-state index contributed by atoms with van der Waals surface area (Å²) in [6, 6.07) is 12.1. The van der Waals surface area contributed by atoms with Gasteiger partial charge in [-0.15, -0.1) is 16.4 Å². The molecule has 0 aliphatic heterocycles. The van der Waals surface area contributed by atoms with Crippen LogP contribution in [0.5, 0.6) is 0 Å². The van der Waals surface area contributed by atoms with Crippen LogP contribution < -0.4 is 5.32 Å². The Morgan fingerprint density at radius 2 is 2.16 bits per heavy atom. The highest BCUT2D eigenvalue weighted by Gasteiger charge is 2.21. The van der Waals surface area contributed by atoms with Gasteiger partial charge in [-0.3, -0.25) is 9.36 Å². The molecule has 1 amide bonds. The Morgan fingerprint density at radius 3 is 2.88 bits per heavy atom. The number of thioether (sulfide) groups is 1. The maximum Gasteiger partial charge on any atom is 0.236 e. The zero-order valence-corrected chi connectivity index (χ0v) is 18.9. The van der Waals surface area contributed by atoms with E-state index in [1.165, 1.54) is 23.9 Å². The molecule has 1 N–H and O–H groups in total. The summed E-state index contributed by atoms with van der Waals surface area (Å²) in [5.74, 6) is -0.372. The van der Waals surface area contributed by atoms with Crippen LogP contribution >= 0.6 is 23.1 Å². The number of anilines is 1. The van der Waals surface area contributed by atoms with Gasteiger partial charge < -0.3 is 5.32 Å². The highest BCUT2D eigenvalue weighted by Crippen LogP contribution is 2.30. The molecule has 0 saturated carbocycles. The Labute approximate surface area is 191 Å². The van der Waals surface area contributed by atoms with Crippen molar-refractivity contribution >= 4 is 34.8 Å². The third-order valence-corrected chi connectivity index (χ3v) is 6.68. The molecule has 162 valence electrons. The fourth-order valence-electron chi connectivity index (χ4n) is 3.25. The van der Waals surface area contributed by atoms with Gasteiger partial charge in [0.15, 0.2) is 0 Å². The number of tetrazole rings is 1. The summed E-state index contributed by atoms with van der Waals surface area (Å²) in [4.78, 5) is 13.9. The number of thiophene rings is 1. The second kappa shape index (κ2) is 9.33. The lowest BCUT2D eigenvalue weighted by Gasteiger charge is -2.13. The Hall–Kier alpha value is -3.49. The molecule has 4 aromatic rings. The summed E-state index contributed by atoms with van der Waals surface area (Å²) in [7, 11) is 0. The van der Waals surface area contributed by atoms with Crippen LogP contribution in [0.1, 0.15) is 21.7 Å². The fraction of sp³-hybridized carbons (Fsp3) is 0.190. The molecule has 0 atom stereocenters. The van der Waals surface area contributed by atoms with Crippen molar-refractivity contribution in [2.75, 3.05) is 11.1 Å². The van der Waals surface area contributed by atoms with Gasteiger partial charge in [0.25, 0.3) is 0 Å². The first-order valence-electron chi connectivity index (χ1n) is 9.57. The molecule has 0 spiro atoms. The number of nitrogens with zero attached hydrogens (tertiary/aromatic N) is 6. The molecule has 1 aromatic carbocycles. The topological polar surface area (TPSA) is 101 Å². The van der Waals surface area contributed by atoms with Crippen LogP contribution in [0.2, 0.25) is 0 Å². The van der Waals surface area contributed by atoms with Gasteiger partial charge in [0.05, 0.1) is 23.5 Å². The summed E-state index contributed by atoms with van der Waals surface area (Å²) < 4.78 is 17.1. The lowest BCUT2D eigenvalue weighted by molar-refractivity contribution is -0.113. The van der Waals surface area contributed by atoms with Crippen LogP contribution in [-0.2, 0) is 11.3 Å². The Kier molecular flexibility index (Phi) is 6.34. The SMILES string of the molecule is Cc1c(C#N)c(NC(=O)CSc2nnnn2Cc2cccs2)n(-c2cccc(F)c2)c1C. The highest BCUT2D eigenvalue weighted by molar-refractivity contribution is 7.99. The van der Waals surface area contributed by atoms with Crippen LogP contribution in [-0.4, -0.2) is 36.4 Å². The standard InChI is InChI=1S/C21H18FN7OS2/c1-13-14(2)29(16-6-3-5-15(22)9-16)20(18(13)10-23)24-19(30)12-32-21-25-26-27-28(21)11-17-7-4-8-31-17/h3-9H,11-12H2,1-2H3,(H,24,30). The van der Waals surface area contributed by atoms with Crippen LogP contribution in [0.4, 0.5) is 10.2 Å². The zero-order chi connectivity index (χ0) is 22.7. The first-order chi connectivity index (χ1) is 15.5. The number of amides is 1. The van der Waals surface area contributed by atoms with E-state index in [1.807, 2.05) is 24.4 Å². The van der Waals surface area contributed by atoms with Crippen molar-refractivity contribution in [2.24, 2.45) is 0 Å². The number of nitrogens with one attached hydrogen (secondary N) is 1. The quantitative estimate of drug-likeness (QED) is 0.413. The molecule has 3 aromatic heterocycles. The van der Waals surface area contributed by atoms with Gasteiger partial charge in [0.1, 0.15) is 17.7 Å². The molecule has 0 aliphatic rings. The van der Waals surface area contributed by atoms with E-state index in [4.69, 9.17) is 0 Å². The van der Waals surface area contributed by atoms with E-state index in [0.717, 1.165) is 16.1 Å². The minimum atomic E-state index is -0.405. The number of nitriles is 1. The van der Waals surface area contributed by atoms with Gasteiger partial charge in [0, 0.05) is 10.6 Å². The van der Waals surface area contributed by atoms with Crippen molar-refractivity contribution in [1.82, 2.24) is 24.8 Å². The van der Waals surface area contributed by atoms with Gasteiger partial charge >= 0.3 is 0 Å². The van der Waals surface area contributed by atoms with Crippen LogP contribution in [0.15, 0.2) is 46.9 Å². The number of hydrogen-bond donors (Lipinski definition) is 1. The number of hydrogen-bond acceptors (Lipinski definition) is 7. The predicted octanol–water partition coefficient (Wildman–Crippen LogP) is 3.93. The van der Waals surface area contributed by atoms with E-state index in [0.29, 0.717) is 28.8 Å². The lowest BCUT2D eigenvalue weighted by atomic mass is 10.2. The zero-order valence-electron chi connectivity index (χ0n) is 17.2. The third-order valence-electron chi connectivity index (χ3n) is 4.87. The number of carbonyl (C=O) groups excluding carboxylic acids is 1. The molecule has 0 bridgehead atoms. The highest BCUT2D eigenvalue weighted by atomic mass is 32.2. The second-order valence-corrected chi connectivity index (χ2v) is 8.87. The summed E-state index contributed by atoms with van der Waals surface area (Å²) in [5, 5.41) is 26.7. The lowest BCUT2D eigenvalue weighted by Crippen LogP contribution is -2.18. The van der Waals surface area contributed by atoms with E-state index in [2.05, 4.69) is 26.9 Å². The van der Waals surface area contributed by atoms with E-state index in [9.17, 15) is 14.4 Å². The number of halogens is 1. The van der Waals surface area contributed by atoms with E-state index in [1.54, 1.807) is 39.6 Å². The number of rotatable bonds is 7. The summed E-state index contributed by atoms with van der Waals surface area (Å²) in [6.07, 6.45) is 0. The summed E-state index contributed by atoms with van der Waals surface area (Å²) in [5.41, 5.74) is 2.33. The van der Waals surface area contributed by atoms with Gasteiger partial charge in [-0.2, -0.15) is 5.26 Å². The predicted molar refractivity (Wildman–Crippen MR) is 121 cm³/mol. The number of benzene rings is 1. The first-order valence-corrected chi connectivity index (χ1v) is 11.4. The van der Waals surface area contributed by atoms with Crippen molar-refractivity contribution < 1.29 is 9.18 Å². The molecule has 0 unspecified atom stereocenters. The Bertz CT molecular complexity index is 1300. The summed E-state index contributed by atoms with van der Waals surface area (Å²) >= 11 is 2.80. The Morgan fingerprint density at radius 1 is 1.31 bits per heavy atom. The Balaban J connectivity index is 1.54. The minimum Gasteiger partial charge on any atom is -0.310 e. The molecule has 0 fully saturated rings. The third kappa shape index (κ3) is 4.42. The van der Waals surface area contributed by atoms with Crippen molar-refractivity contribution in [1.29, 1.82) is 5.26 Å². The van der Waals surface area contributed by atoms with Crippen molar-refractivity contribution in [2.45, 2.75) is 25.5 Å². The maximum atomic E-state index is 13.8. The molecule has 3 heterocycles. The van der Waals surface area contributed by atoms with Gasteiger partial charge in [-0.1, -0.05) is 23.9 Å². The first kappa shape index (κ1) is 21.7. The molecular weight excluding hydrogens is 449 g/mol. The molecule has 8 nitrogen and oxygen atoms in total. The molecule has 0 aliphatic carbocycles. The minimum absolute atomic E-state index is 0.0438. The van der Waals surface area contributed by atoms with Gasteiger partial charge in [-0.05, 0) is 59.5 Å². The van der Waals surface area contributed by atoms with Crippen LogP contribution in [0.3, 0.4) is 0 Å². The van der Waals surface area contributed by atoms with Crippen LogP contribution in [0.25, 0.3) is 5.69 Å². The molecule has 11 heteroatoms. The largest absolute Gasteiger partial charge is 0.310 e. The normalized spacial score (nSPS) is 10.8. The van der Waals surface area contributed by atoms with Crippen LogP contribution in [0, 0.1) is 31.0 Å². The average Bonchev–Trinajstić information content (AvgIpc) is 3.49. The number of aromatic nitrogens is 5. The molecule has 0 radical (unpaired) electrons. The molecular formula is C21H18FN7OS2.